The van der Waals surface area contributed by atoms with Crippen LogP contribution in [0.15, 0.2) is 60.7 Å². The molecule has 0 radical (unpaired) electrons. The maximum Gasteiger partial charge on any atom is 0.256 e. The molecule has 6 heteroatoms. The molecular weight excluding hydrogens is 426 g/mol. The molecule has 1 atom stereocenters. The van der Waals surface area contributed by atoms with E-state index < -0.39 is 0 Å². The van der Waals surface area contributed by atoms with Gasteiger partial charge in [-0.05, 0) is 49.4 Å². The van der Waals surface area contributed by atoms with Gasteiger partial charge >= 0.3 is 0 Å². The zero-order chi connectivity index (χ0) is 21.8. The topological polar surface area (TPSA) is 35.6 Å². The lowest BCUT2D eigenvalue weighted by Crippen LogP contribution is -2.46. The van der Waals surface area contributed by atoms with Crippen LogP contribution in [0.1, 0.15) is 39.3 Å². The van der Waals surface area contributed by atoms with Gasteiger partial charge in [0.05, 0.1) is 6.04 Å². The van der Waals surface area contributed by atoms with E-state index in [2.05, 4.69) is 47.3 Å². The normalized spacial score (nSPS) is 16.2. The monoisotopic (exact) mass is 453 g/mol. The zero-order valence-electron chi connectivity index (χ0n) is 18.0. The third-order valence-corrected chi connectivity index (χ3v) is 7.23. The molecular formula is C25H28ClN3OS. The summed E-state index contributed by atoms with van der Waals surface area (Å²) in [6.45, 7) is 6.14. The fourth-order valence-electron chi connectivity index (χ4n) is 4.04. The summed E-state index contributed by atoms with van der Waals surface area (Å²) >= 11 is 8.05. The van der Waals surface area contributed by atoms with Crippen LogP contribution in [0, 0.1) is 0 Å². The molecule has 0 bridgehead atoms. The number of halogens is 1. The molecule has 0 unspecified atom stereocenters. The summed E-state index contributed by atoms with van der Waals surface area (Å²) in [6, 6.07) is 19.8. The van der Waals surface area contributed by atoms with Gasteiger partial charge in [0.1, 0.15) is 5.00 Å². The van der Waals surface area contributed by atoms with Crippen LogP contribution in [0.4, 0.5) is 5.00 Å². The Morgan fingerprint density at radius 1 is 1.06 bits per heavy atom. The number of hydrogen-bond donors (Lipinski definition) is 1. The summed E-state index contributed by atoms with van der Waals surface area (Å²) in [5.74, 6) is -0.0745. The molecule has 1 saturated heterocycles. The average Bonchev–Trinajstić information content (AvgIpc) is 3.18. The van der Waals surface area contributed by atoms with Crippen molar-refractivity contribution in [2.24, 2.45) is 0 Å². The standard InChI is InChI=1S/C25H28ClN3OS/c1-3-21-17-22(25(31-21)27-24(30)18-8-5-4-6-9-18)23(19-10-7-11-20(26)16-19)29-14-12-28(2)13-15-29/h4-11,16-17,23H,3,12-15H2,1-2H3,(H,27,30)/t23-/m1/s1. The highest BCUT2D eigenvalue weighted by molar-refractivity contribution is 7.16. The second-order valence-electron chi connectivity index (χ2n) is 7.97. The molecule has 31 heavy (non-hydrogen) atoms. The number of rotatable bonds is 6. The Kier molecular flexibility index (Phi) is 7.08. The lowest BCUT2D eigenvalue weighted by molar-refractivity contribution is 0.102. The molecule has 2 heterocycles. The second-order valence-corrected chi connectivity index (χ2v) is 9.54. The summed E-state index contributed by atoms with van der Waals surface area (Å²) in [5.41, 5.74) is 2.98. The van der Waals surface area contributed by atoms with Crippen LogP contribution in [0.3, 0.4) is 0 Å². The van der Waals surface area contributed by atoms with E-state index >= 15 is 0 Å². The average molecular weight is 454 g/mol. The molecule has 1 aromatic heterocycles. The second kappa shape index (κ2) is 9.96. The third kappa shape index (κ3) is 5.18. The van der Waals surface area contributed by atoms with Crippen molar-refractivity contribution in [2.75, 3.05) is 38.5 Å². The van der Waals surface area contributed by atoms with Gasteiger partial charge in [0, 0.05) is 47.2 Å². The first kappa shape index (κ1) is 22.0. The van der Waals surface area contributed by atoms with Crippen molar-refractivity contribution in [3.8, 4) is 0 Å². The van der Waals surface area contributed by atoms with Gasteiger partial charge in [0.15, 0.2) is 0 Å². The summed E-state index contributed by atoms with van der Waals surface area (Å²) in [7, 11) is 2.16. The largest absolute Gasteiger partial charge is 0.313 e. The predicted octanol–water partition coefficient (Wildman–Crippen LogP) is 5.55. The van der Waals surface area contributed by atoms with Gasteiger partial charge in [-0.1, -0.05) is 48.9 Å². The number of carbonyl (C=O) groups excluding carboxylic acids is 1. The van der Waals surface area contributed by atoms with Gasteiger partial charge in [-0.2, -0.15) is 0 Å². The van der Waals surface area contributed by atoms with E-state index in [0.717, 1.165) is 53.8 Å². The van der Waals surface area contributed by atoms with E-state index in [4.69, 9.17) is 11.6 Å². The quantitative estimate of drug-likeness (QED) is 0.531. The van der Waals surface area contributed by atoms with Crippen LogP contribution < -0.4 is 5.32 Å². The Morgan fingerprint density at radius 2 is 1.81 bits per heavy atom. The summed E-state index contributed by atoms with van der Waals surface area (Å²) in [5, 5.41) is 4.86. The number of amides is 1. The fraction of sp³-hybridized carbons (Fsp3) is 0.320. The molecule has 162 valence electrons. The number of anilines is 1. The van der Waals surface area contributed by atoms with Crippen molar-refractivity contribution in [1.82, 2.24) is 9.80 Å². The van der Waals surface area contributed by atoms with Crippen LogP contribution in [-0.2, 0) is 6.42 Å². The third-order valence-electron chi connectivity index (χ3n) is 5.79. The van der Waals surface area contributed by atoms with E-state index in [9.17, 15) is 4.79 Å². The van der Waals surface area contributed by atoms with Crippen LogP contribution in [-0.4, -0.2) is 48.9 Å². The number of benzene rings is 2. The molecule has 4 rings (SSSR count). The van der Waals surface area contributed by atoms with E-state index in [1.807, 2.05) is 42.5 Å². The predicted molar refractivity (Wildman–Crippen MR) is 130 cm³/mol. The molecule has 0 saturated carbocycles. The summed E-state index contributed by atoms with van der Waals surface area (Å²) < 4.78 is 0. The van der Waals surface area contributed by atoms with Gasteiger partial charge in [-0.25, -0.2) is 0 Å². The number of likely N-dealkylation sites (N-methyl/N-ethyl adjacent to an activating group) is 1. The van der Waals surface area contributed by atoms with Crippen LogP contribution in [0.25, 0.3) is 0 Å². The first-order valence-electron chi connectivity index (χ1n) is 10.7. The minimum atomic E-state index is -0.0745. The SMILES string of the molecule is CCc1cc([C@@H](c2cccc(Cl)c2)N2CCN(C)CC2)c(NC(=O)c2ccccc2)s1. The molecule has 1 aliphatic rings. The Hall–Kier alpha value is -2.18. The van der Waals surface area contributed by atoms with E-state index in [-0.39, 0.29) is 11.9 Å². The lowest BCUT2D eigenvalue weighted by Gasteiger charge is -2.38. The maximum absolute atomic E-state index is 13.0. The zero-order valence-corrected chi connectivity index (χ0v) is 19.5. The highest BCUT2D eigenvalue weighted by atomic mass is 35.5. The van der Waals surface area contributed by atoms with Crippen molar-refractivity contribution in [3.63, 3.8) is 0 Å². The minimum Gasteiger partial charge on any atom is -0.313 e. The molecule has 0 aliphatic carbocycles. The smallest absolute Gasteiger partial charge is 0.256 e. The van der Waals surface area contributed by atoms with Gasteiger partial charge in [0.2, 0.25) is 0 Å². The number of hydrogen-bond acceptors (Lipinski definition) is 4. The van der Waals surface area contributed by atoms with Crippen LogP contribution >= 0.6 is 22.9 Å². The fourth-order valence-corrected chi connectivity index (χ4v) is 5.27. The highest BCUT2D eigenvalue weighted by Gasteiger charge is 2.29. The number of nitrogens with one attached hydrogen (secondary N) is 1. The number of nitrogens with zero attached hydrogens (tertiary/aromatic N) is 2. The van der Waals surface area contributed by atoms with Gasteiger partial charge in [-0.3, -0.25) is 9.69 Å². The van der Waals surface area contributed by atoms with E-state index in [0.29, 0.717) is 5.56 Å². The lowest BCUT2D eigenvalue weighted by atomic mass is 9.97. The highest BCUT2D eigenvalue weighted by Crippen LogP contribution is 2.40. The molecule has 2 aromatic carbocycles. The van der Waals surface area contributed by atoms with Crippen molar-refractivity contribution < 1.29 is 4.79 Å². The Balaban J connectivity index is 1.73. The number of carbonyl (C=O) groups is 1. The van der Waals surface area contributed by atoms with Crippen molar-refractivity contribution in [1.29, 1.82) is 0 Å². The van der Waals surface area contributed by atoms with Crippen LogP contribution in [0.2, 0.25) is 5.02 Å². The van der Waals surface area contributed by atoms with Gasteiger partial charge < -0.3 is 10.2 Å². The molecule has 1 N–H and O–H groups in total. The van der Waals surface area contributed by atoms with Gasteiger partial charge in [0.25, 0.3) is 5.91 Å². The molecule has 0 spiro atoms. The van der Waals surface area contributed by atoms with Crippen LogP contribution in [0.5, 0.6) is 0 Å². The first-order valence-corrected chi connectivity index (χ1v) is 11.9. The maximum atomic E-state index is 13.0. The summed E-state index contributed by atoms with van der Waals surface area (Å²) in [6.07, 6.45) is 0.934. The number of aryl methyl sites for hydroxylation is 1. The van der Waals surface area contributed by atoms with Crippen molar-refractivity contribution in [3.05, 3.63) is 87.3 Å². The van der Waals surface area contributed by atoms with Crippen molar-refractivity contribution in [2.45, 2.75) is 19.4 Å². The number of thiophene rings is 1. The molecule has 1 aliphatic heterocycles. The molecule has 4 nitrogen and oxygen atoms in total. The molecule has 1 amide bonds. The van der Waals surface area contributed by atoms with Crippen molar-refractivity contribution >= 4 is 33.8 Å². The number of piperazine rings is 1. The Labute approximate surface area is 193 Å². The molecule has 3 aromatic rings. The van der Waals surface area contributed by atoms with E-state index in [1.54, 1.807) is 11.3 Å². The van der Waals surface area contributed by atoms with E-state index in [1.165, 1.54) is 4.88 Å². The summed E-state index contributed by atoms with van der Waals surface area (Å²) in [4.78, 5) is 19.1. The van der Waals surface area contributed by atoms with Gasteiger partial charge in [-0.15, -0.1) is 11.3 Å². The Morgan fingerprint density at radius 3 is 2.48 bits per heavy atom. The Bertz CT molecular complexity index is 1030. The molecule has 1 fully saturated rings. The minimum absolute atomic E-state index is 0.0509. The first-order chi connectivity index (χ1) is 15.0.